The first-order valence-electron chi connectivity index (χ1n) is 10.6. The Kier molecular flexibility index (Phi) is 5.82. The van der Waals surface area contributed by atoms with E-state index in [4.69, 9.17) is 0 Å². The molecule has 1 aliphatic rings. The summed E-state index contributed by atoms with van der Waals surface area (Å²) in [6, 6.07) is 22.4. The molecule has 1 atom stereocenters. The summed E-state index contributed by atoms with van der Waals surface area (Å²) in [5.74, 6) is -0.747. The second-order valence-electron chi connectivity index (χ2n) is 9.33. The number of hydrogen-bond acceptors (Lipinski definition) is 3. The highest BCUT2D eigenvalue weighted by atomic mass is 79.9. The van der Waals surface area contributed by atoms with Crippen molar-refractivity contribution in [3.8, 4) is 0 Å². The summed E-state index contributed by atoms with van der Waals surface area (Å²) in [6.45, 7) is 6.66. The van der Waals surface area contributed by atoms with E-state index in [1.54, 1.807) is 29.2 Å². The van der Waals surface area contributed by atoms with Gasteiger partial charge in [0.05, 0.1) is 18.7 Å². The quantitative estimate of drug-likeness (QED) is 0.462. The molecule has 0 saturated heterocycles. The van der Waals surface area contributed by atoms with Crippen LogP contribution in [0.3, 0.4) is 0 Å². The summed E-state index contributed by atoms with van der Waals surface area (Å²) in [5, 5.41) is 11.6. The summed E-state index contributed by atoms with van der Waals surface area (Å²) in [5.41, 5.74) is 1.69. The van der Waals surface area contributed by atoms with E-state index in [0.717, 1.165) is 15.6 Å². The summed E-state index contributed by atoms with van der Waals surface area (Å²) in [7, 11) is 0. The van der Waals surface area contributed by atoms with Crippen LogP contribution in [0, 0.1) is 0 Å². The Hall–Kier alpha value is -2.76. The smallest absolute Gasteiger partial charge is 0.264 e. The maximum Gasteiger partial charge on any atom is 0.264 e. The zero-order chi connectivity index (χ0) is 23.1. The Bertz CT molecular complexity index is 1170. The minimum Gasteiger partial charge on any atom is -0.375 e. The highest BCUT2D eigenvalue weighted by molar-refractivity contribution is 9.10. The van der Waals surface area contributed by atoms with Crippen molar-refractivity contribution in [3.05, 3.63) is 99.5 Å². The number of Topliss-reactive ketones (excluding diaryl/α,β-unsaturated/α-hetero) is 1. The maximum absolute atomic E-state index is 13.5. The van der Waals surface area contributed by atoms with Crippen molar-refractivity contribution in [1.29, 1.82) is 0 Å². The molecule has 4 rings (SSSR count). The van der Waals surface area contributed by atoms with Crippen LogP contribution in [0.1, 0.15) is 54.2 Å². The molecule has 1 amide bonds. The van der Waals surface area contributed by atoms with Crippen molar-refractivity contribution in [3.63, 3.8) is 0 Å². The number of amides is 1. The van der Waals surface area contributed by atoms with Gasteiger partial charge in [-0.15, -0.1) is 0 Å². The van der Waals surface area contributed by atoms with Gasteiger partial charge in [-0.1, -0.05) is 91.3 Å². The Labute approximate surface area is 197 Å². The summed E-state index contributed by atoms with van der Waals surface area (Å²) < 4.78 is 0.742. The van der Waals surface area contributed by atoms with Gasteiger partial charge in [-0.3, -0.25) is 9.59 Å². The first-order chi connectivity index (χ1) is 15.1. The summed E-state index contributed by atoms with van der Waals surface area (Å²) >= 11 is 3.44. The van der Waals surface area contributed by atoms with Gasteiger partial charge in [0.25, 0.3) is 5.91 Å². The zero-order valence-electron chi connectivity index (χ0n) is 18.4. The number of halogens is 1. The Morgan fingerprint density at radius 3 is 2.28 bits per heavy atom. The number of hydrogen-bond donors (Lipinski definition) is 1. The fourth-order valence-electron chi connectivity index (χ4n) is 4.11. The van der Waals surface area contributed by atoms with Gasteiger partial charge in [0.1, 0.15) is 0 Å². The molecular weight excluding hydrogens is 466 g/mol. The van der Waals surface area contributed by atoms with Crippen molar-refractivity contribution < 1.29 is 14.7 Å². The Morgan fingerprint density at radius 1 is 1.00 bits per heavy atom. The van der Waals surface area contributed by atoms with E-state index in [-0.39, 0.29) is 17.6 Å². The van der Waals surface area contributed by atoms with Gasteiger partial charge >= 0.3 is 0 Å². The number of carbonyl (C=O) groups excluding carboxylic acids is 2. The van der Waals surface area contributed by atoms with E-state index < -0.39 is 11.5 Å². The lowest BCUT2D eigenvalue weighted by molar-refractivity contribution is -0.136. The third-order valence-corrected chi connectivity index (χ3v) is 6.46. The van der Waals surface area contributed by atoms with Crippen LogP contribution >= 0.6 is 15.9 Å². The molecule has 0 unspecified atom stereocenters. The van der Waals surface area contributed by atoms with Crippen LogP contribution < -0.4 is 4.90 Å². The van der Waals surface area contributed by atoms with Gasteiger partial charge in [-0.25, -0.2) is 0 Å². The van der Waals surface area contributed by atoms with Crippen LogP contribution in [0.25, 0.3) is 0 Å². The third-order valence-electron chi connectivity index (χ3n) is 5.97. The predicted molar refractivity (Wildman–Crippen MR) is 130 cm³/mol. The number of nitrogens with zero attached hydrogens (tertiary/aromatic N) is 1. The molecule has 1 aliphatic heterocycles. The topological polar surface area (TPSA) is 57.6 Å². The van der Waals surface area contributed by atoms with Crippen LogP contribution in [0.5, 0.6) is 0 Å². The van der Waals surface area contributed by atoms with Crippen molar-refractivity contribution >= 4 is 33.3 Å². The number of rotatable bonds is 5. The normalized spacial score (nSPS) is 18.0. The average Bonchev–Trinajstić information content (AvgIpc) is 2.95. The summed E-state index contributed by atoms with van der Waals surface area (Å²) in [4.78, 5) is 28.2. The largest absolute Gasteiger partial charge is 0.375 e. The molecule has 0 radical (unpaired) electrons. The van der Waals surface area contributed by atoms with Crippen molar-refractivity contribution in [1.82, 2.24) is 0 Å². The molecule has 5 heteroatoms. The molecule has 32 heavy (non-hydrogen) atoms. The second kappa shape index (κ2) is 8.30. The molecule has 3 aromatic rings. The van der Waals surface area contributed by atoms with Gasteiger partial charge in [0.15, 0.2) is 11.4 Å². The molecular formula is C27H26BrNO3. The maximum atomic E-state index is 13.5. The van der Waals surface area contributed by atoms with Crippen LogP contribution in [0.15, 0.2) is 77.3 Å². The lowest BCUT2D eigenvalue weighted by atomic mass is 9.85. The molecule has 0 spiro atoms. The molecule has 0 aromatic heterocycles. The number of anilines is 1. The Balaban J connectivity index is 1.66. The fourth-order valence-corrected chi connectivity index (χ4v) is 4.47. The van der Waals surface area contributed by atoms with Crippen LogP contribution in [0.4, 0.5) is 5.69 Å². The van der Waals surface area contributed by atoms with Gasteiger partial charge in [0, 0.05) is 15.6 Å². The van der Waals surface area contributed by atoms with Crippen molar-refractivity contribution in [2.24, 2.45) is 0 Å². The van der Waals surface area contributed by atoms with Crippen molar-refractivity contribution in [2.75, 3.05) is 4.90 Å². The lowest BCUT2D eigenvalue weighted by Gasteiger charge is -2.23. The third kappa shape index (κ3) is 4.15. The van der Waals surface area contributed by atoms with E-state index in [9.17, 15) is 14.7 Å². The molecule has 3 aromatic carbocycles. The molecule has 0 bridgehead atoms. The van der Waals surface area contributed by atoms with Crippen molar-refractivity contribution in [2.45, 2.75) is 44.8 Å². The van der Waals surface area contributed by atoms with Gasteiger partial charge in [-0.2, -0.15) is 0 Å². The van der Waals surface area contributed by atoms with Crippen LogP contribution in [0.2, 0.25) is 0 Å². The highest BCUT2D eigenvalue weighted by Gasteiger charge is 2.51. The molecule has 164 valence electrons. The molecule has 0 fully saturated rings. The number of carbonyl (C=O) groups is 2. The monoisotopic (exact) mass is 491 g/mol. The SMILES string of the molecule is CC(C)(C)c1ccc(C(=O)C[C@]2(O)C(=O)N(Cc3ccccc3)c3ccc(Br)cc32)cc1. The first kappa shape index (κ1) is 22.4. The minimum atomic E-state index is -1.91. The standard InChI is InChI=1S/C27H26BrNO3/c1-26(2,3)20-11-9-19(10-12-20)24(30)16-27(32)22-15-21(28)13-14-23(22)29(25(27)31)17-18-7-5-4-6-8-18/h4-15,32H,16-17H2,1-3H3/t27-/m1/s1. The van der Waals surface area contributed by atoms with E-state index in [1.165, 1.54) is 0 Å². The van der Waals surface area contributed by atoms with E-state index in [2.05, 4.69) is 36.7 Å². The fraction of sp³-hybridized carbons (Fsp3) is 0.259. The first-order valence-corrected chi connectivity index (χ1v) is 11.4. The molecule has 1 N–H and O–H groups in total. The van der Waals surface area contributed by atoms with E-state index >= 15 is 0 Å². The molecule has 0 aliphatic carbocycles. The minimum absolute atomic E-state index is 0.0235. The number of ketones is 1. The average molecular weight is 492 g/mol. The van der Waals surface area contributed by atoms with E-state index in [1.807, 2.05) is 48.5 Å². The summed E-state index contributed by atoms with van der Waals surface area (Å²) in [6.07, 6.45) is -0.310. The van der Waals surface area contributed by atoms with Crippen LogP contribution in [-0.4, -0.2) is 16.8 Å². The Morgan fingerprint density at radius 2 is 1.66 bits per heavy atom. The lowest BCUT2D eigenvalue weighted by Crippen LogP contribution is -2.41. The van der Waals surface area contributed by atoms with E-state index in [0.29, 0.717) is 23.4 Å². The van der Waals surface area contributed by atoms with Crippen LogP contribution in [-0.2, 0) is 22.4 Å². The number of fused-ring (bicyclic) bond motifs is 1. The van der Waals surface area contributed by atoms with Gasteiger partial charge < -0.3 is 10.0 Å². The molecule has 4 nitrogen and oxygen atoms in total. The predicted octanol–water partition coefficient (Wildman–Crippen LogP) is 5.75. The number of benzene rings is 3. The molecule has 0 saturated carbocycles. The molecule has 1 heterocycles. The highest BCUT2D eigenvalue weighted by Crippen LogP contribution is 2.44. The number of aliphatic hydroxyl groups is 1. The van der Waals surface area contributed by atoms with Gasteiger partial charge in [0.2, 0.25) is 0 Å². The van der Waals surface area contributed by atoms with Gasteiger partial charge in [-0.05, 0) is 34.7 Å². The second-order valence-corrected chi connectivity index (χ2v) is 10.2. The zero-order valence-corrected chi connectivity index (χ0v) is 20.0.